The second kappa shape index (κ2) is 7.29. The Labute approximate surface area is 131 Å². The number of hydrogen-bond acceptors (Lipinski definition) is 4. The zero-order valence-corrected chi connectivity index (χ0v) is 13.1. The number of nitrogens with one attached hydrogen (secondary N) is 1. The zero-order valence-electron chi connectivity index (χ0n) is 13.1. The van der Waals surface area contributed by atoms with Gasteiger partial charge in [0.05, 0.1) is 7.11 Å². The van der Waals surface area contributed by atoms with E-state index in [1.807, 2.05) is 30.3 Å². The van der Waals surface area contributed by atoms with Crippen molar-refractivity contribution >= 4 is 12.1 Å². The van der Waals surface area contributed by atoms with E-state index in [1.54, 1.807) is 0 Å². The number of hydrogen-bond donors (Lipinski definition) is 1. The van der Waals surface area contributed by atoms with E-state index in [9.17, 15) is 9.59 Å². The number of ether oxygens (including phenoxy) is 2. The molecule has 5 heteroatoms. The topological polar surface area (TPSA) is 64.6 Å². The molecule has 1 fully saturated rings. The molecule has 1 amide bonds. The van der Waals surface area contributed by atoms with Crippen molar-refractivity contribution in [3.05, 3.63) is 35.9 Å². The number of benzene rings is 1. The number of alkyl carbamates (subject to hydrolysis) is 1. The molecule has 0 radical (unpaired) electrons. The van der Waals surface area contributed by atoms with E-state index in [4.69, 9.17) is 9.47 Å². The molecule has 1 N–H and O–H groups in total. The van der Waals surface area contributed by atoms with Crippen molar-refractivity contribution in [2.75, 3.05) is 7.11 Å². The van der Waals surface area contributed by atoms with Crippen molar-refractivity contribution in [2.24, 2.45) is 5.92 Å². The molecule has 1 aromatic rings. The second-order valence-electron chi connectivity index (χ2n) is 5.69. The van der Waals surface area contributed by atoms with Gasteiger partial charge in [-0.3, -0.25) is 0 Å². The zero-order chi connectivity index (χ0) is 16.0. The van der Waals surface area contributed by atoms with Crippen molar-refractivity contribution in [3.8, 4) is 0 Å². The molecule has 1 aliphatic carbocycles. The molecule has 0 unspecified atom stereocenters. The Morgan fingerprint density at radius 3 is 2.68 bits per heavy atom. The SMILES string of the molecule is CCCC[C@@H]1C[C@]1(NC(=O)OCc1ccccc1)C(=O)OC. The predicted octanol–water partition coefficient (Wildman–Crippen LogP) is 3.03. The van der Waals surface area contributed by atoms with Crippen LogP contribution < -0.4 is 5.32 Å². The average molecular weight is 305 g/mol. The first-order valence-electron chi connectivity index (χ1n) is 7.69. The maximum absolute atomic E-state index is 12.0. The summed E-state index contributed by atoms with van der Waals surface area (Å²) < 4.78 is 10.0. The van der Waals surface area contributed by atoms with Gasteiger partial charge in [-0.1, -0.05) is 50.1 Å². The summed E-state index contributed by atoms with van der Waals surface area (Å²) in [6.07, 6.45) is 3.05. The summed E-state index contributed by atoms with van der Waals surface area (Å²) >= 11 is 0. The third-order valence-electron chi connectivity index (χ3n) is 4.10. The van der Waals surface area contributed by atoms with Crippen LogP contribution in [0, 0.1) is 5.92 Å². The lowest BCUT2D eigenvalue weighted by Gasteiger charge is -2.17. The molecular weight excluding hydrogens is 282 g/mol. The van der Waals surface area contributed by atoms with Crippen molar-refractivity contribution in [3.63, 3.8) is 0 Å². The van der Waals surface area contributed by atoms with Crippen LogP contribution >= 0.6 is 0 Å². The van der Waals surface area contributed by atoms with E-state index in [0.717, 1.165) is 24.8 Å². The Kier molecular flexibility index (Phi) is 5.41. The summed E-state index contributed by atoms with van der Waals surface area (Å²) in [5.41, 5.74) is 0.0145. The number of carbonyl (C=O) groups is 2. The molecule has 0 spiro atoms. The molecule has 0 aliphatic heterocycles. The van der Waals surface area contributed by atoms with Crippen LogP contribution in [0.25, 0.3) is 0 Å². The van der Waals surface area contributed by atoms with Gasteiger partial charge in [0, 0.05) is 0 Å². The van der Waals surface area contributed by atoms with Gasteiger partial charge in [0.15, 0.2) is 0 Å². The number of methoxy groups -OCH3 is 1. The number of rotatable bonds is 7. The highest BCUT2D eigenvalue weighted by atomic mass is 16.6. The largest absolute Gasteiger partial charge is 0.467 e. The summed E-state index contributed by atoms with van der Waals surface area (Å²) in [6.45, 7) is 2.29. The standard InChI is InChI=1S/C17H23NO4/c1-3-4-10-14-11-17(14,15(19)21-2)18-16(20)22-12-13-8-6-5-7-9-13/h5-9,14H,3-4,10-12H2,1-2H3,(H,18,20)/t14-,17-/m1/s1. The third kappa shape index (κ3) is 3.78. The van der Waals surface area contributed by atoms with Crippen molar-refractivity contribution in [1.29, 1.82) is 0 Å². The van der Waals surface area contributed by atoms with E-state index < -0.39 is 11.6 Å². The van der Waals surface area contributed by atoms with Gasteiger partial charge in [0.2, 0.25) is 0 Å². The second-order valence-corrected chi connectivity index (χ2v) is 5.69. The Balaban J connectivity index is 1.88. The van der Waals surface area contributed by atoms with Gasteiger partial charge in [-0.05, 0) is 24.3 Å². The van der Waals surface area contributed by atoms with Crippen LogP contribution in [0.1, 0.15) is 38.2 Å². The van der Waals surface area contributed by atoms with E-state index in [2.05, 4.69) is 12.2 Å². The Morgan fingerprint density at radius 1 is 1.32 bits per heavy atom. The van der Waals surface area contributed by atoms with Crippen LogP contribution in [0.5, 0.6) is 0 Å². The summed E-state index contributed by atoms with van der Waals surface area (Å²) in [6, 6.07) is 9.43. The lowest BCUT2D eigenvalue weighted by molar-refractivity contribution is -0.144. The van der Waals surface area contributed by atoms with Crippen LogP contribution in [-0.4, -0.2) is 24.7 Å². The molecule has 0 heterocycles. The fourth-order valence-electron chi connectivity index (χ4n) is 2.71. The Hall–Kier alpha value is -2.04. The highest BCUT2D eigenvalue weighted by Gasteiger charge is 2.61. The lowest BCUT2D eigenvalue weighted by atomic mass is 10.1. The minimum Gasteiger partial charge on any atom is -0.467 e. The first kappa shape index (κ1) is 16.3. The van der Waals surface area contributed by atoms with Crippen LogP contribution in [0.15, 0.2) is 30.3 Å². The molecule has 22 heavy (non-hydrogen) atoms. The summed E-state index contributed by atoms with van der Waals surface area (Å²) in [5.74, 6) is -0.241. The van der Waals surface area contributed by atoms with Crippen molar-refractivity contribution in [1.82, 2.24) is 5.32 Å². The fraction of sp³-hybridized carbons (Fsp3) is 0.529. The number of carbonyl (C=O) groups excluding carboxylic acids is 2. The highest BCUT2D eigenvalue weighted by molar-refractivity contribution is 5.89. The van der Waals surface area contributed by atoms with E-state index in [1.165, 1.54) is 7.11 Å². The lowest BCUT2D eigenvalue weighted by Crippen LogP contribution is -2.45. The molecule has 0 bridgehead atoms. The first-order chi connectivity index (χ1) is 10.6. The molecular formula is C17H23NO4. The molecule has 2 rings (SSSR count). The Bertz CT molecular complexity index is 517. The molecule has 1 aromatic carbocycles. The minimum absolute atomic E-state index is 0.143. The van der Waals surface area contributed by atoms with Crippen molar-refractivity contribution < 1.29 is 19.1 Å². The van der Waals surface area contributed by atoms with Crippen LogP contribution in [0.3, 0.4) is 0 Å². The van der Waals surface area contributed by atoms with Gasteiger partial charge in [0.1, 0.15) is 12.1 Å². The smallest absolute Gasteiger partial charge is 0.408 e. The minimum atomic E-state index is -0.891. The molecule has 1 saturated carbocycles. The van der Waals surface area contributed by atoms with Gasteiger partial charge < -0.3 is 14.8 Å². The van der Waals surface area contributed by atoms with E-state index >= 15 is 0 Å². The van der Waals surface area contributed by atoms with Crippen molar-refractivity contribution in [2.45, 2.75) is 44.8 Å². The summed E-state index contributed by atoms with van der Waals surface area (Å²) in [4.78, 5) is 24.0. The molecule has 0 saturated heterocycles. The van der Waals surface area contributed by atoms with Gasteiger partial charge in [-0.25, -0.2) is 9.59 Å². The molecule has 2 atom stereocenters. The molecule has 5 nitrogen and oxygen atoms in total. The number of amides is 1. The van der Waals surface area contributed by atoms with Gasteiger partial charge in [-0.15, -0.1) is 0 Å². The third-order valence-corrected chi connectivity index (χ3v) is 4.10. The fourth-order valence-corrected chi connectivity index (χ4v) is 2.71. The Morgan fingerprint density at radius 2 is 2.05 bits per heavy atom. The quantitative estimate of drug-likeness (QED) is 0.786. The maximum atomic E-state index is 12.0. The van der Waals surface area contributed by atoms with Crippen LogP contribution in [0.2, 0.25) is 0 Å². The monoisotopic (exact) mass is 305 g/mol. The normalized spacial score (nSPS) is 22.7. The van der Waals surface area contributed by atoms with Crippen LogP contribution in [0.4, 0.5) is 4.79 Å². The molecule has 1 aliphatic rings. The highest BCUT2D eigenvalue weighted by Crippen LogP contribution is 2.47. The first-order valence-corrected chi connectivity index (χ1v) is 7.69. The maximum Gasteiger partial charge on any atom is 0.408 e. The van der Waals surface area contributed by atoms with Gasteiger partial charge >= 0.3 is 12.1 Å². The number of unbranched alkanes of at least 4 members (excludes halogenated alkanes) is 1. The number of esters is 1. The molecule has 0 aromatic heterocycles. The van der Waals surface area contributed by atoms with Gasteiger partial charge in [-0.2, -0.15) is 0 Å². The van der Waals surface area contributed by atoms with E-state index in [-0.39, 0.29) is 18.5 Å². The summed E-state index contributed by atoms with van der Waals surface area (Å²) in [7, 11) is 1.34. The van der Waals surface area contributed by atoms with E-state index in [0.29, 0.717) is 6.42 Å². The average Bonchev–Trinajstić information content (AvgIpc) is 3.25. The predicted molar refractivity (Wildman–Crippen MR) is 82.1 cm³/mol. The van der Waals surface area contributed by atoms with Gasteiger partial charge in [0.25, 0.3) is 0 Å². The molecule has 120 valence electrons. The van der Waals surface area contributed by atoms with Crippen LogP contribution in [-0.2, 0) is 20.9 Å². The summed E-state index contributed by atoms with van der Waals surface area (Å²) in [5, 5.41) is 2.71.